The summed E-state index contributed by atoms with van der Waals surface area (Å²) in [5.41, 5.74) is 0. The molecule has 0 bridgehead atoms. The molecule has 7 nitrogen and oxygen atoms in total. The first-order valence-corrected chi connectivity index (χ1v) is 10.8. The molecule has 0 aromatic heterocycles. The third-order valence-electron chi connectivity index (χ3n) is 5.82. The lowest BCUT2D eigenvalue weighted by molar-refractivity contribution is -0.142. The van der Waals surface area contributed by atoms with Crippen LogP contribution in [0.25, 0.3) is 0 Å². The van der Waals surface area contributed by atoms with E-state index in [4.69, 9.17) is 9.47 Å². The summed E-state index contributed by atoms with van der Waals surface area (Å²) in [5.74, 6) is 1.09. The molecular formula is C20H36N4O3. The highest BCUT2D eigenvalue weighted by atomic mass is 16.5. The summed E-state index contributed by atoms with van der Waals surface area (Å²) in [6.07, 6.45) is 9.58. The molecule has 1 amide bonds. The molecule has 3 rings (SSSR count). The van der Waals surface area contributed by atoms with Crippen LogP contribution in [0.15, 0.2) is 4.99 Å². The molecule has 0 radical (unpaired) electrons. The Morgan fingerprint density at radius 3 is 2.48 bits per heavy atom. The summed E-state index contributed by atoms with van der Waals surface area (Å²) in [6, 6.07) is 0. The summed E-state index contributed by atoms with van der Waals surface area (Å²) in [6.45, 7) is 5.52. The van der Waals surface area contributed by atoms with Gasteiger partial charge in [-0.2, -0.15) is 0 Å². The third-order valence-corrected chi connectivity index (χ3v) is 5.82. The van der Waals surface area contributed by atoms with Crippen LogP contribution >= 0.6 is 0 Å². The summed E-state index contributed by atoms with van der Waals surface area (Å²) >= 11 is 0. The number of rotatable bonds is 6. The Labute approximate surface area is 163 Å². The minimum absolute atomic E-state index is 0.162. The van der Waals surface area contributed by atoms with Crippen molar-refractivity contribution < 1.29 is 14.3 Å². The van der Waals surface area contributed by atoms with Crippen molar-refractivity contribution in [3.8, 4) is 0 Å². The van der Waals surface area contributed by atoms with Gasteiger partial charge in [0.2, 0.25) is 0 Å². The molecule has 7 heteroatoms. The Morgan fingerprint density at radius 1 is 1.07 bits per heavy atom. The molecule has 3 fully saturated rings. The number of hydrogen-bond acceptors (Lipinski definition) is 4. The van der Waals surface area contributed by atoms with Crippen LogP contribution < -0.4 is 5.32 Å². The molecule has 1 N–H and O–H groups in total. The molecule has 1 atom stereocenters. The molecule has 2 saturated heterocycles. The van der Waals surface area contributed by atoms with Crippen LogP contribution in [-0.2, 0) is 14.3 Å². The quantitative estimate of drug-likeness (QED) is 0.431. The minimum atomic E-state index is -0.210. The molecule has 27 heavy (non-hydrogen) atoms. The van der Waals surface area contributed by atoms with Crippen LogP contribution in [0.5, 0.6) is 0 Å². The number of piperazine rings is 1. The zero-order valence-electron chi connectivity index (χ0n) is 16.8. The molecule has 0 aromatic rings. The molecule has 3 aliphatic rings. The van der Waals surface area contributed by atoms with E-state index in [2.05, 4.69) is 15.2 Å². The van der Waals surface area contributed by atoms with Gasteiger partial charge in [-0.05, 0) is 32.1 Å². The number of amides is 1. The van der Waals surface area contributed by atoms with Gasteiger partial charge < -0.3 is 24.6 Å². The van der Waals surface area contributed by atoms with Gasteiger partial charge in [-0.3, -0.25) is 9.79 Å². The van der Waals surface area contributed by atoms with Crippen molar-refractivity contribution in [2.75, 3.05) is 53.0 Å². The molecule has 0 spiro atoms. The number of guanidine groups is 1. The monoisotopic (exact) mass is 380 g/mol. The van der Waals surface area contributed by atoms with Crippen molar-refractivity contribution in [3.05, 3.63) is 0 Å². The van der Waals surface area contributed by atoms with Crippen molar-refractivity contribution >= 4 is 11.9 Å². The highest BCUT2D eigenvalue weighted by Crippen LogP contribution is 2.20. The van der Waals surface area contributed by atoms with Crippen LogP contribution in [0.4, 0.5) is 0 Å². The zero-order valence-corrected chi connectivity index (χ0v) is 16.8. The van der Waals surface area contributed by atoms with E-state index in [1.807, 2.05) is 11.9 Å². The van der Waals surface area contributed by atoms with Crippen LogP contribution in [0.2, 0.25) is 0 Å². The first kappa shape index (κ1) is 20.4. The summed E-state index contributed by atoms with van der Waals surface area (Å²) in [4.78, 5) is 21.0. The van der Waals surface area contributed by atoms with E-state index in [0.29, 0.717) is 6.10 Å². The number of nitrogens with one attached hydrogen (secondary N) is 1. The largest absolute Gasteiger partial charge is 0.378 e. The number of carbonyl (C=O) groups is 1. The number of ether oxygens (including phenoxy) is 2. The van der Waals surface area contributed by atoms with Crippen LogP contribution in [-0.4, -0.2) is 86.9 Å². The predicted molar refractivity (Wildman–Crippen MR) is 106 cm³/mol. The Balaban J connectivity index is 1.31. The smallest absolute Gasteiger partial charge is 0.251 e. The van der Waals surface area contributed by atoms with Crippen LogP contribution in [0, 0.1) is 0 Å². The predicted octanol–water partition coefficient (Wildman–Crippen LogP) is 1.62. The van der Waals surface area contributed by atoms with Gasteiger partial charge in [0.15, 0.2) is 5.96 Å². The second-order valence-electron chi connectivity index (χ2n) is 7.77. The highest BCUT2D eigenvalue weighted by Gasteiger charge is 2.30. The fourth-order valence-electron chi connectivity index (χ4n) is 4.20. The Bertz CT molecular complexity index is 480. The molecule has 2 heterocycles. The number of hydrogen-bond donors (Lipinski definition) is 1. The van der Waals surface area contributed by atoms with Crippen molar-refractivity contribution in [2.45, 2.75) is 63.6 Å². The Morgan fingerprint density at radius 2 is 1.81 bits per heavy atom. The third kappa shape index (κ3) is 6.07. The molecule has 1 unspecified atom stereocenters. The topological polar surface area (TPSA) is 66.4 Å². The Kier molecular flexibility index (Phi) is 8.20. The Hall–Kier alpha value is -1.34. The molecule has 1 saturated carbocycles. The van der Waals surface area contributed by atoms with Crippen LogP contribution in [0.1, 0.15) is 51.4 Å². The maximum absolute atomic E-state index is 12.4. The van der Waals surface area contributed by atoms with E-state index in [1.54, 1.807) is 0 Å². The molecule has 154 valence electrons. The number of carbonyl (C=O) groups excluding carboxylic acids is 1. The average Bonchev–Trinajstić information content (AvgIpc) is 3.26. The summed E-state index contributed by atoms with van der Waals surface area (Å²) < 4.78 is 11.5. The van der Waals surface area contributed by atoms with Gasteiger partial charge >= 0.3 is 0 Å². The van der Waals surface area contributed by atoms with Gasteiger partial charge in [0, 0.05) is 53.0 Å². The van der Waals surface area contributed by atoms with E-state index in [0.717, 1.165) is 71.2 Å². The van der Waals surface area contributed by atoms with E-state index < -0.39 is 0 Å². The van der Waals surface area contributed by atoms with E-state index in [9.17, 15) is 4.79 Å². The van der Waals surface area contributed by atoms with Gasteiger partial charge in [0.25, 0.3) is 5.91 Å². The maximum atomic E-state index is 12.4. The van der Waals surface area contributed by atoms with Crippen LogP contribution in [0.3, 0.4) is 0 Å². The first-order chi connectivity index (χ1) is 13.3. The second-order valence-corrected chi connectivity index (χ2v) is 7.77. The molecular weight excluding hydrogens is 344 g/mol. The van der Waals surface area contributed by atoms with E-state index >= 15 is 0 Å². The normalized spacial score (nSPS) is 25.1. The fourth-order valence-corrected chi connectivity index (χ4v) is 4.20. The average molecular weight is 381 g/mol. The summed E-state index contributed by atoms with van der Waals surface area (Å²) in [5, 5.41) is 3.44. The SMILES string of the molecule is CN=C(NCCCOC1CCCCC1)N1CCN(C(=O)C2CCCO2)CC1. The zero-order chi connectivity index (χ0) is 18.9. The lowest BCUT2D eigenvalue weighted by Crippen LogP contribution is -2.55. The second kappa shape index (κ2) is 10.9. The van der Waals surface area contributed by atoms with Gasteiger partial charge in [-0.1, -0.05) is 19.3 Å². The van der Waals surface area contributed by atoms with E-state index in [1.165, 1.54) is 32.1 Å². The number of nitrogens with zero attached hydrogens (tertiary/aromatic N) is 3. The van der Waals surface area contributed by atoms with Crippen molar-refractivity contribution in [2.24, 2.45) is 4.99 Å². The number of aliphatic imine (C=N–C) groups is 1. The van der Waals surface area contributed by atoms with Crippen molar-refractivity contribution in [1.82, 2.24) is 15.1 Å². The lowest BCUT2D eigenvalue weighted by atomic mass is 9.98. The fraction of sp³-hybridized carbons (Fsp3) is 0.900. The van der Waals surface area contributed by atoms with Gasteiger partial charge in [0.05, 0.1) is 6.10 Å². The van der Waals surface area contributed by atoms with Crippen molar-refractivity contribution in [3.63, 3.8) is 0 Å². The van der Waals surface area contributed by atoms with Gasteiger partial charge in [-0.15, -0.1) is 0 Å². The van der Waals surface area contributed by atoms with E-state index in [-0.39, 0.29) is 12.0 Å². The summed E-state index contributed by atoms with van der Waals surface area (Å²) in [7, 11) is 1.82. The molecule has 0 aromatic carbocycles. The van der Waals surface area contributed by atoms with Gasteiger partial charge in [0.1, 0.15) is 6.10 Å². The van der Waals surface area contributed by atoms with Gasteiger partial charge in [-0.25, -0.2) is 0 Å². The van der Waals surface area contributed by atoms with Crippen molar-refractivity contribution in [1.29, 1.82) is 0 Å². The highest BCUT2D eigenvalue weighted by molar-refractivity contribution is 5.82. The lowest BCUT2D eigenvalue weighted by Gasteiger charge is -2.37. The minimum Gasteiger partial charge on any atom is -0.378 e. The maximum Gasteiger partial charge on any atom is 0.251 e. The molecule has 1 aliphatic carbocycles. The molecule has 2 aliphatic heterocycles. The first-order valence-electron chi connectivity index (χ1n) is 10.8. The standard InChI is InChI=1S/C20H36N4O3/c1-21-20(22-10-6-16-26-17-7-3-2-4-8-17)24-13-11-23(12-14-24)19(25)18-9-5-15-27-18/h17-18H,2-16H2,1H3,(H,21,22).